The first kappa shape index (κ1) is 24.2. The summed E-state index contributed by atoms with van der Waals surface area (Å²) in [6, 6.07) is 48.6. The Balaban J connectivity index is 1.19. The molecular weight excluding hydrogens is 578 g/mol. The number of fused-ring (bicyclic) bond motifs is 3. The average Bonchev–Trinajstić information content (AvgIpc) is 3.78. The molecular formula is C44H30B2N2. The summed E-state index contributed by atoms with van der Waals surface area (Å²) in [5.41, 5.74) is 18.6. The van der Waals surface area contributed by atoms with Crippen LogP contribution < -0.4 is 21.9 Å². The number of hydrogen-bond acceptors (Lipinski definition) is 0. The molecule has 2 aromatic heterocycles. The van der Waals surface area contributed by atoms with Crippen LogP contribution in [-0.4, -0.2) is 22.6 Å². The van der Waals surface area contributed by atoms with Crippen molar-refractivity contribution in [2.45, 2.75) is 36.6 Å². The summed E-state index contributed by atoms with van der Waals surface area (Å²) in [6.07, 6.45) is 2.33. The highest BCUT2D eigenvalue weighted by Gasteiger charge is 2.65. The van der Waals surface area contributed by atoms with E-state index in [1.54, 1.807) is 33.1 Å². The molecule has 0 radical (unpaired) electrons. The Morgan fingerprint density at radius 3 is 1.46 bits per heavy atom. The summed E-state index contributed by atoms with van der Waals surface area (Å²) < 4.78 is 5.92. The fourth-order valence-corrected chi connectivity index (χ4v) is 13.3. The van der Waals surface area contributed by atoms with Gasteiger partial charge in [0.1, 0.15) is 0 Å². The zero-order valence-corrected chi connectivity index (χ0v) is 26.5. The van der Waals surface area contributed by atoms with Gasteiger partial charge >= 0.3 is 0 Å². The lowest BCUT2D eigenvalue weighted by atomic mass is 9.21. The van der Waals surface area contributed by atoms with Crippen molar-refractivity contribution in [3.63, 3.8) is 0 Å². The van der Waals surface area contributed by atoms with Gasteiger partial charge in [-0.2, -0.15) is 0 Å². The Labute approximate surface area is 279 Å². The van der Waals surface area contributed by atoms with Gasteiger partial charge < -0.3 is 9.13 Å². The molecule has 2 nitrogen and oxygen atoms in total. The Hall–Kier alpha value is -4.95. The molecule has 0 spiro atoms. The van der Waals surface area contributed by atoms with Crippen molar-refractivity contribution in [1.29, 1.82) is 0 Å². The van der Waals surface area contributed by atoms with Gasteiger partial charge in [0.25, 0.3) is 0 Å². The fraction of sp³-hybridized carbons (Fsp3) is 0.182. The van der Waals surface area contributed by atoms with E-state index < -0.39 is 0 Å². The molecule has 222 valence electrons. The number of aromatic nitrogens is 2. The number of nitrogens with zero attached hydrogens (tertiary/aromatic N) is 2. The van der Waals surface area contributed by atoms with E-state index in [2.05, 4.69) is 130 Å². The first-order chi connectivity index (χ1) is 23.9. The molecule has 4 heteroatoms. The molecule has 1 fully saturated rings. The number of hydrogen-bond donors (Lipinski definition) is 0. The minimum absolute atomic E-state index is 0.339. The van der Waals surface area contributed by atoms with E-state index >= 15 is 0 Å². The second-order valence-corrected chi connectivity index (χ2v) is 15.9. The van der Waals surface area contributed by atoms with Gasteiger partial charge in [0.15, 0.2) is 0 Å². The zero-order valence-electron chi connectivity index (χ0n) is 26.5. The summed E-state index contributed by atoms with van der Waals surface area (Å²) in [5.74, 6) is 2.16. The largest absolute Gasteiger partial charge is 0.338 e. The molecule has 48 heavy (non-hydrogen) atoms. The molecule has 14 rings (SSSR count). The van der Waals surface area contributed by atoms with Crippen LogP contribution in [0.4, 0.5) is 0 Å². The van der Waals surface area contributed by atoms with Crippen molar-refractivity contribution in [1.82, 2.24) is 9.13 Å². The normalized spacial score (nSPS) is 25.7. The highest BCUT2D eigenvalue weighted by molar-refractivity contribution is 6.95. The second kappa shape index (κ2) is 7.84. The van der Waals surface area contributed by atoms with Crippen molar-refractivity contribution < 1.29 is 0 Å². The molecule has 5 aliphatic heterocycles. The second-order valence-electron chi connectivity index (χ2n) is 15.9. The van der Waals surface area contributed by atoms with Gasteiger partial charge in [-0.25, -0.2) is 0 Å². The molecule has 6 aliphatic rings. The fourth-order valence-electron chi connectivity index (χ4n) is 13.3. The van der Waals surface area contributed by atoms with Gasteiger partial charge in [-0.15, -0.1) is 0 Å². The first-order valence-corrected chi connectivity index (χ1v) is 18.1. The molecule has 5 unspecified atom stereocenters. The average molecular weight is 608 g/mol. The summed E-state index contributed by atoms with van der Waals surface area (Å²) in [7, 11) is 0. The molecule has 1 saturated carbocycles. The Morgan fingerprint density at radius 1 is 0.479 bits per heavy atom. The van der Waals surface area contributed by atoms with Crippen LogP contribution in [-0.2, 0) is 12.8 Å². The maximum absolute atomic E-state index is 2.96. The summed E-state index contributed by atoms with van der Waals surface area (Å²) in [5, 5.41) is 5.90. The quantitative estimate of drug-likeness (QED) is 0.191. The van der Waals surface area contributed by atoms with Crippen molar-refractivity contribution in [2.75, 3.05) is 0 Å². The lowest BCUT2D eigenvalue weighted by molar-refractivity contribution is 0.117. The zero-order chi connectivity index (χ0) is 30.6. The third-order valence-corrected chi connectivity index (χ3v) is 14.4. The SMILES string of the molecule is c1ccc(B(c2ccccc2)C2C3Cc4cccc5c6ccc7c8c6n(c45)C3C3B8c4c-7ccc5c6cccc7c6n(c45)[C@H]3C2C7)cc1. The van der Waals surface area contributed by atoms with Crippen LogP contribution in [0.5, 0.6) is 0 Å². The van der Waals surface area contributed by atoms with Crippen LogP contribution in [0.25, 0.3) is 54.7 Å². The minimum Gasteiger partial charge on any atom is -0.338 e. The van der Waals surface area contributed by atoms with Crippen LogP contribution in [0.3, 0.4) is 0 Å². The van der Waals surface area contributed by atoms with Crippen molar-refractivity contribution in [3.05, 3.63) is 132 Å². The van der Waals surface area contributed by atoms with E-state index in [0.717, 1.165) is 0 Å². The van der Waals surface area contributed by atoms with E-state index in [1.165, 1.54) is 67.5 Å². The first-order valence-electron chi connectivity index (χ1n) is 18.1. The van der Waals surface area contributed by atoms with E-state index in [1.807, 2.05) is 0 Å². The molecule has 0 saturated heterocycles. The smallest absolute Gasteiger partial charge is 0.223 e. The standard InChI is InChI=1S/C44H30B2N2/c1-3-11-25(12-4-1)45(26-13-5-2-6-14-26)35-33-21-23-9-7-15-29-31-19-17-27-28-18-20-32-30-16-8-10-24-22-34(35)44-38-43(33)47(39(23)29)41(31)36(27)46(38)37(28)42(32)48(44)40(24)30/h1-20,33-35,38,43-44H,21-22H2/t33?,34?,35?,38?,43-,44?/m0/s1. The third-order valence-electron chi connectivity index (χ3n) is 14.4. The highest BCUT2D eigenvalue weighted by Crippen LogP contribution is 2.68. The van der Waals surface area contributed by atoms with Crippen LogP contribution >= 0.6 is 0 Å². The third kappa shape index (κ3) is 2.42. The van der Waals surface area contributed by atoms with Crippen LogP contribution in [0.1, 0.15) is 23.2 Å². The number of para-hydroxylation sites is 2. The lowest BCUT2D eigenvalue weighted by Gasteiger charge is -2.61. The summed E-state index contributed by atoms with van der Waals surface area (Å²) >= 11 is 0. The summed E-state index contributed by atoms with van der Waals surface area (Å²) in [4.78, 5) is 0. The Morgan fingerprint density at radius 2 is 0.958 bits per heavy atom. The molecule has 0 bridgehead atoms. The van der Waals surface area contributed by atoms with E-state index in [4.69, 9.17) is 0 Å². The molecule has 1 aliphatic carbocycles. The van der Waals surface area contributed by atoms with Crippen LogP contribution in [0, 0.1) is 11.8 Å². The lowest BCUT2D eigenvalue weighted by Crippen LogP contribution is -2.65. The van der Waals surface area contributed by atoms with Crippen molar-refractivity contribution in [2.24, 2.45) is 11.8 Å². The van der Waals surface area contributed by atoms with Gasteiger partial charge in [-0.1, -0.05) is 132 Å². The predicted molar refractivity (Wildman–Crippen MR) is 201 cm³/mol. The van der Waals surface area contributed by atoms with Gasteiger partial charge in [0, 0.05) is 44.7 Å². The van der Waals surface area contributed by atoms with Gasteiger partial charge in [0.05, 0.1) is 11.0 Å². The topological polar surface area (TPSA) is 9.86 Å². The van der Waals surface area contributed by atoms with Crippen LogP contribution in [0.15, 0.2) is 121 Å². The molecule has 6 atom stereocenters. The summed E-state index contributed by atoms with van der Waals surface area (Å²) in [6.45, 7) is 0.818. The van der Waals surface area contributed by atoms with Gasteiger partial charge in [-0.3, -0.25) is 0 Å². The van der Waals surface area contributed by atoms with Gasteiger partial charge in [0.2, 0.25) is 13.4 Å². The predicted octanol–water partition coefficient (Wildman–Crippen LogP) is 7.01. The molecule has 0 N–H and O–H groups in total. The van der Waals surface area contributed by atoms with Crippen LogP contribution in [0.2, 0.25) is 11.6 Å². The Bertz CT molecular complexity index is 2600. The van der Waals surface area contributed by atoms with Crippen molar-refractivity contribution >= 4 is 78.9 Å². The van der Waals surface area contributed by atoms with Gasteiger partial charge in [-0.05, 0) is 69.5 Å². The maximum atomic E-state index is 2.96. The molecule has 6 aromatic carbocycles. The van der Waals surface area contributed by atoms with E-state index in [-0.39, 0.29) is 0 Å². The molecule has 8 aromatic rings. The maximum Gasteiger partial charge on any atom is 0.223 e. The number of benzene rings is 6. The van der Waals surface area contributed by atoms with Crippen molar-refractivity contribution in [3.8, 4) is 11.1 Å². The Kier molecular flexibility index (Phi) is 3.96. The minimum atomic E-state index is 0.339. The monoisotopic (exact) mass is 608 g/mol. The highest BCUT2D eigenvalue weighted by atomic mass is 15.1. The molecule has 7 heterocycles. The van der Waals surface area contributed by atoms with E-state index in [9.17, 15) is 0 Å². The number of rotatable bonds is 3. The van der Waals surface area contributed by atoms with E-state index in [0.29, 0.717) is 49.0 Å². The molecule has 0 amide bonds.